The fraction of sp³-hybridized carbons (Fsp3) is 0.0405. The van der Waals surface area contributed by atoms with Gasteiger partial charge in [-0.3, -0.25) is 4.98 Å². The molecule has 0 fully saturated rings. The molecule has 9 heteroatoms. The number of fused-ring (bicyclic) bond motifs is 8. The van der Waals surface area contributed by atoms with Crippen molar-refractivity contribution < 1.29 is 32.8 Å². The van der Waals surface area contributed by atoms with Gasteiger partial charge in [0, 0.05) is 36.4 Å². The second-order valence-corrected chi connectivity index (χ2v) is 24.6. The normalized spacial score (nSPS) is 12.3. The molecule has 5 aromatic carbocycles. The Morgan fingerprint density at radius 3 is 1.29 bits per heavy atom. The van der Waals surface area contributed by atoms with Crippen LogP contribution in [-0.4, -0.2) is 4.98 Å². The Morgan fingerprint density at radius 2 is 0.867 bits per heavy atom. The van der Waals surface area contributed by atoms with Crippen LogP contribution in [0.3, 0.4) is 0 Å². The minimum atomic E-state index is 0. The molecule has 1 radical (unpaired) electrons. The van der Waals surface area contributed by atoms with Gasteiger partial charge in [0.15, 0.2) is 64.4 Å². The molecule has 0 bridgehead atoms. The molecule has 8 heterocycles. The van der Waals surface area contributed by atoms with Gasteiger partial charge < -0.3 is 0 Å². The van der Waals surface area contributed by atoms with E-state index in [-0.39, 0.29) is 20.1 Å². The number of rotatable bonds is 4. The number of aryl methyl sites for hydroxylation is 3. The van der Waals surface area contributed by atoms with E-state index in [0.717, 1.165) is 5.69 Å². The first-order valence-electron chi connectivity index (χ1n) is 27.2. The Morgan fingerprint density at radius 1 is 0.470 bits per heavy atom. The minimum Gasteiger partial charge on any atom is -0.255 e. The van der Waals surface area contributed by atoms with Gasteiger partial charge in [0.25, 0.3) is 0 Å². The Hall–Kier alpha value is -8.50. The largest absolute Gasteiger partial charge is 0.255 e. The fourth-order valence-corrected chi connectivity index (χ4v) is 16.1. The van der Waals surface area contributed by atoms with E-state index in [1.54, 1.807) is 11.3 Å². The summed E-state index contributed by atoms with van der Waals surface area (Å²) in [7, 11) is 0. The van der Waals surface area contributed by atoms with E-state index in [9.17, 15) is 0 Å². The van der Waals surface area contributed by atoms with Crippen molar-refractivity contribution in [2.75, 3.05) is 0 Å². The van der Waals surface area contributed by atoms with E-state index >= 15 is 0 Å². The van der Waals surface area contributed by atoms with E-state index < -0.39 is 0 Å². The molecule has 0 spiro atoms. The van der Waals surface area contributed by atoms with Crippen LogP contribution in [0.1, 0.15) is 33.4 Å². The number of nitrogens with zero attached hydrogens (tertiary/aromatic N) is 4. The van der Waals surface area contributed by atoms with Crippen molar-refractivity contribution in [1.29, 1.82) is 0 Å². The molecule has 0 aliphatic heterocycles. The molecule has 0 atom stereocenters. The molecule has 3 aliphatic rings. The molecule has 0 amide bonds. The number of pyridine rings is 4. The van der Waals surface area contributed by atoms with Gasteiger partial charge in [-0.25, -0.2) is 12.7 Å². The van der Waals surface area contributed by atoms with Crippen LogP contribution in [0.5, 0.6) is 0 Å². The number of benzene rings is 5. The summed E-state index contributed by atoms with van der Waals surface area (Å²) in [6.45, 7) is 19.2. The summed E-state index contributed by atoms with van der Waals surface area (Å²) < 4.78 is 11.3. The maximum absolute atomic E-state index is 4.58. The van der Waals surface area contributed by atoms with Crippen LogP contribution >= 0.6 is 45.3 Å². The summed E-state index contributed by atoms with van der Waals surface area (Å²) in [5.74, 6) is 0. The summed E-state index contributed by atoms with van der Waals surface area (Å²) in [4.78, 5) is 9.74. The maximum atomic E-state index is 4.58. The molecule has 0 saturated heterocycles. The zero-order valence-corrected chi connectivity index (χ0v) is 51.7. The van der Waals surface area contributed by atoms with Gasteiger partial charge in [-0.1, -0.05) is 147 Å². The van der Waals surface area contributed by atoms with Crippen LogP contribution in [-0.2, 0) is 20.1 Å². The number of allylic oxidation sites excluding steroid dienone is 6. The summed E-state index contributed by atoms with van der Waals surface area (Å²) in [6.07, 6.45) is 33.5. The first kappa shape index (κ1) is 55.1. The Balaban J connectivity index is 0.000000109. The third-order valence-electron chi connectivity index (χ3n) is 15.3. The van der Waals surface area contributed by atoms with Crippen LogP contribution in [0.4, 0.5) is 0 Å². The van der Waals surface area contributed by atoms with Crippen molar-refractivity contribution in [3.8, 4) is 42.3 Å². The molecular weight excluding hydrogens is 1270 g/mol. The van der Waals surface area contributed by atoms with Gasteiger partial charge in [0.05, 0.1) is 10.6 Å². The summed E-state index contributed by atoms with van der Waals surface area (Å²) in [6, 6.07) is 53.3. The summed E-state index contributed by atoms with van der Waals surface area (Å²) in [5.41, 5.74) is 12.5. The number of thiophene rings is 4. The van der Waals surface area contributed by atoms with Crippen LogP contribution in [0.15, 0.2) is 213 Å². The smallest absolute Gasteiger partial charge is 0.176 e. The molecule has 8 aromatic heterocycles. The van der Waals surface area contributed by atoms with Gasteiger partial charge in [-0.05, 0) is 47.2 Å². The van der Waals surface area contributed by atoms with Gasteiger partial charge in [-0.2, -0.15) is 0 Å². The van der Waals surface area contributed by atoms with Gasteiger partial charge in [0.1, 0.15) is 54.2 Å². The van der Waals surface area contributed by atoms with Crippen LogP contribution in [0.25, 0.3) is 112 Å². The quantitative estimate of drug-likeness (QED) is 0.0981. The molecule has 0 N–H and O–H groups in total. The molecule has 405 valence electrons. The summed E-state index contributed by atoms with van der Waals surface area (Å²) >= 11 is 7.34. The molecule has 83 heavy (non-hydrogen) atoms. The van der Waals surface area contributed by atoms with Crippen LogP contribution in [0.2, 0.25) is 0 Å². The van der Waals surface area contributed by atoms with E-state index in [2.05, 4.69) is 272 Å². The molecule has 16 rings (SSSR count). The van der Waals surface area contributed by atoms with Crippen LogP contribution < -0.4 is 28.4 Å². The first-order chi connectivity index (χ1) is 40.2. The standard InChI is InChI=1S/3C19H15NS.C17H11NS.Ir/c3*1-13-15-8-5-6-10-17(15)21-19(13)18-16-9-4-3-7-14(16)11-12-20(18)2;1-3-7-14-12(5-1)9-10-18-17(14)16-11-13-6-2-4-8-15(13)19-16;/h3*3-12H,2H2,1H3;1-11H;. The van der Waals surface area contributed by atoms with Crippen molar-refractivity contribution in [1.82, 2.24) is 4.98 Å². The summed E-state index contributed by atoms with van der Waals surface area (Å²) in [5, 5.41) is 11.5. The molecule has 13 aromatic rings. The molecule has 3 aliphatic carbocycles. The number of hydrogen-bond acceptors (Lipinski definition) is 2. The SMILES string of the molecule is C=[n+]1ccc2c(c1-c1[s+][c-]3ccccc3c1C)[CH-]C=CC=2.C=[n+]1ccc2c(c1-c1[s+][c-]3ccccc3c1C)[CH-]C=CC=2.C=[n+]1ccc2c(c1-c1[s+][c-]3ccccc3c1C)[CH-]C=CC=2.[Ir].c1ccc2sc(-c3nccc4ccccc34)cc2c1. The van der Waals surface area contributed by atoms with E-state index in [1.807, 2.05) is 71.5 Å². The Labute approximate surface area is 512 Å². The van der Waals surface area contributed by atoms with Crippen LogP contribution in [0, 0.1) is 60.2 Å². The van der Waals surface area contributed by atoms with Crippen molar-refractivity contribution in [3.63, 3.8) is 0 Å². The molecule has 0 saturated carbocycles. The van der Waals surface area contributed by atoms with E-state index in [1.165, 1.54) is 137 Å². The Kier molecular flexibility index (Phi) is 15.8. The van der Waals surface area contributed by atoms with Gasteiger partial charge in [-0.15, -0.1) is 140 Å². The third-order valence-corrected chi connectivity index (χ3v) is 20.3. The van der Waals surface area contributed by atoms with Crippen molar-refractivity contribution in [2.24, 2.45) is 0 Å². The third kappa shape index (κ3) is 10.6. The zero-order valence-electron chi connectivity index (χ0n) is 46.0. The zero-order chi connectivity index (χ0) is 55.8. The van der Waals surface area contributed by atoms with Crippen molar-refractivity contribution >= 4 is 115 Å². The predicted octanol–water partition coefficient (Wildman–Crippen LogP) is 16.2. The molecular formula is C74H56IrN4S4. The Bertz CT molecular complexity index is 4720. The number of aromatic nitrogens is 4. The predicted molar refractivity (Wildman–Crippen MR) is 351 cm³/mol. The van der Waals surface area contributed by atoms with Gasteiger partial charge >= 0.3 is 0 Å². The molecule has 4 nitrogen and oxygen atoms in total. The molecule has 0 unspecified atom stereocenters. The van der Waals surface area contributed by atoms with Gasteiger partial charge in [0.2, 0.25) is 0 Å². The average Bonchev–Trinajstić information content (AvgIpc) is 3.44. The first-order valence-corrected chi connectivity index (χ1v) is 30.5. The van der Waals surface area contributed by atoms with Crippen molar-refractivity contribution in [3.05, 3.63) is 301 Å². The monoisotopic (exact) mass is 1320 g/mol. The topological polar surface area (TPSA) is 30.6 Å². The second-order valence-electron chi connectivity index (χ2n) is 20.4. The number of hydrogen-bond donors (Lipinski definition) is 0. The minimum absolute atomic E-state index is 0. The maximum Gasteiger partial charge on any atom is 0.176 e. The average molecular weight is 1320 g/mol. The van der Waals surface area contributed by atoms with E-state index in [4.69, 9.17) is 0 Å². The second kappa shape index (κ2) is 23.8. The fourth-order valence-electron chi connectivity index (χ4n) is 11.1. The van der Waals surface area contributed by atoms with E-state index in [0.29, 0.717) is 0 Å². The van der Waals surface area contributed by atoms with Crippen molar-refractivity contribution in [2.45, 2.75) is 20.8 Å².